The lowest BCUT2D eigenvalue weighted by molar-refractivity contribution is 0.0696. The Hall–Kier alpha value is -1.03. The van der Waals surface area contributed by atoms with E-state index in [1.165, 1.54) is 25.7 Å². The molecule has 3 unspecified atom stereocenters. The fourth-order valence-electron chi connectivity index (χ4n) is 3.67. The van der Waals surface area contributed by atoms with Gasteiger partial charge in [-0.1, -0.05) is 6.42 Å². The summed E-state index contributed by atoms with van der Waals surface area (Å²) in [4.78, 5) is 10.9. The third-order valence-corrected chi connectivity index (χ3v) is 5.31. The molecule has 3 nitrogen and oxygen atoms in total. The van der Waals surface area contributed by atoms with E-state index in [0.29, 0.717) is 10.0 Å². The topological polar surface area (TPSA) is 49.3 Å². The predicted octanol–water partition coefficient (Wildman–Crippen LogP) is 4.00. The Kier molecular flexibility index (Phi) is 3.52. The Morgan fingerprint density at radius 3 is 2.79 bits per heavy atom. The molecular formula is C15H18BrNO2. The Balaban J connectivity index is 1.61. The number of carbonyl (C=O) groups is 1. The maximum atomic E-state index is 10.9. The lowest BCUT2D eigenvalue weighted by Gasteiger charge is -2.22. The Morgan fingerprint density at radius 1 is 1.37 bits per heavy atom. The van der Waals surface area contributed by atoms with Crippen LogP contribution in [0.3, 0.4) is 0 Å². The van der Waals surface area contributed by atoms with Gasteiger partial charge in [0.05, 0.1) is 5.56 Å². The molecule has 0 aromatic heterocycles. The van der Waals surface area contributed by atoms with E-state index in [-0.39, 0.29) is 0 Å². The monoisotopic (exact) mass is 323 g/mol. The summed E-state index contributed by atoms with van der Waals surface area (Å²) in [7, 11) is 0. The highest BCUT2D eigenvalue weighted by atomic mass is 79.9. The molecule has 0 aliphatic heterocycles. The van der Waals surface area contributed by atoms with Crippen molar-refractivity contribution in [2.24, 2.45) is 17.8 Å². The van der Waals surface area contributed by atoms with Crippen LogP contribution in [0.2, 0.25) is 0 Å². The highest BCUT2D eigenvalue weighted by Gasteiger charge is 2.38. The highest BCUT2D eigenvalue weighted by Crippen LogP contribution is 2.48. The number of fused-ring (bicyclic) bond motifs is 2. The summed E-state index contributed by atoms with van der Waals surface area (Å²) in [5.41, 5.74) is 1.31. The molecule has 19 heavy (non-hydrogen) atoms. The largest absolute Gasteiger partial charge is 0.478 e. The number of hydrogen-bond acceptors (Lipinski definition) is 2. The Labute approximate surface area is 121 Å². The number of anilines is 1. The maximum Gasteiger partial charge on any atom is 0.336 e. The maximum absolute atomic E-state index is 10.9. The molecule has 0 amide bonds. The molecule has 0 heterocycles. The Bertz CT molecular complexity index is 503. The van der Waals surface area contributed by atoms with Gasteiger partial charge in [-0.25, -0.2) is 4.79 Å². The molecule has 2 saturated carbocycles. The zero-order valence-corrected chi connectivity index (χ0v) is 12.3. The van der Waals surface area contributed by atoms with Crippen LogP contribution in [0.1, 0.15) is 36.0 Å². The van der Waals surface area contributed by atoms with Gasteiger partial charge in [0.25, 0.3) is 0 Å². The minimum atomic E-state index is -0.897. The number of aromatic carboxylic acids is 1. The van der Waals surface area contributed by atoms with E-state index < -0.39 is 5.97 Å². The van der Waals surface area contributed by atoms with Crippen molar-refractivity contribution in [2.45, 2.75) is 25.7 Å². The van der Waals surface area contributed by atoms with Crippen LogP contribution in [-0.4, -0.2) is 17.6 Å². The van der Waals surface area contributed by atoms with Crippen LogP contribution in [0.5, 0.6) is 0 Å². The molecule has 4 heteroatoms. The molecule has 2 bridgehead atoms. The zero-order valence-electron chi connectivity index (χ0n) is 10.7. The predicted molar refractivity (Wildman–Crippen MR) is 78.5 cm³/mol. The van der Waals surface area contributed by atoms with Crippen molar-refractivity contribution in [3.63, 3.8) is 0 Å². The quantitative estimate of drug-likeness (QED) is 0.880. The summed E-state index contributed by atoms with van der Waals surface area (Å²) in [6.07, 6.45) is 5.62. The number of rotatable bonds is 4. The minimum Gasteiger partial charge on any atom is -0.478 e. The molecule has 2 aliphatic carbocycles. The van der Waals surface area contributed by atoms with Crippen molar-refractivity contribution in [1.82, 2.24) is 0 Å². The van der Waals surface area contributed by atoms with E-state index in [4.69, 9.17) is 5.11 Å². The normalized spacial score (nSPS) is 28.6. The van der Waals surface area contributed by atoms with Crippen molar-refractivity contribution in [1.29, 1.82) is 0 Å². The van der Waals surface area contributed by atoms with Crippen LogP contribution >= 0.6 is 15.9 Å². The molecule has 2 N–H and O–H groups in total. The number of hydrogen-bond donors (Lipinski definition) is 2. The van der Waals surface area contributed by atoms with Gasteiger partial charge in [0.15, 0.2) is 0 Å². The molecule has 0 saturated heterocycles. The molecular weight excluding hydrogens is 306 g/mol. The number of nitrogens with one attached hydrogen (secondary N) is 1. The Morgan fingerprint density at radius 2 is 2.21 bits per heavy atom. The first kappa shape index (κ1) is 13.0. The number of carboxylic acids is 1. The third-order valence-electron chi connectivity index (χ3n) is 4.65. The summed E-state index contributed by atoms with van der Waals surface area (Å²) < 4.78 is 0.637. The molecule has 3 rings (SSSR count). The number of halogens is 1. The number of carboxylic acid groups (broad SMARTS) is 1. The van der Waals surface area contributed by atoms with Crippen molar-refractivity contribution in [3.8, 4) is 0 Å². The van der Waals surface area contributed by atoms with Crippen LogP contribution in [-0.2, 0) is 0 Å². The first-order chi connectivity index (χ1) is 9.13. The molecule has 0 spiro atoms. The molecule has 102 valence electrons. The van der Waals surface area contributed by atoms with Crippen LogP contribution in [0.25, 0.3) is 0 Å². The van der Waals surface area contributed by atoms with Gasteiger partial charge in [0.1, 0.15) is 0 Å². The van der Waals surface area contributed by atoms with E-state index in [0.717, 1.165) is 30.0 Å². The molecule has 2 fully saturated rings. The standard InChI is InChI=1S/C15H18BrNO2/c16-14-7-12(3-4-13(14)15(18)19)17-8-11-6-9-1-2-10(11)5-9/h3-4,7,9-11,17H,1-2,5-6,8H2,(H,18,19). The van der Waals surface area contributed by atoms with Gasteiger partial charge in [-0.2, -0.15) is 0 Å². The first-order valence-electron chi connectivity index (χ1n) is 6.90. The van der Waals surface area contributed by atoms with Crippen LogP contribution in [0, 0.1) is 17.8 Å². The van der Waals surface area contributed by atoms with Gasteiger partial charge in [0.2, 0.25) is 0 Å². The summed E-state index contributed by atoms with van der Waals surface area (Å²) in [6.45, 7) is 1.01. The van der Waals surface area contributed by atoms with Crippen molar-refractivity contribution < 1.29 is 9.90 Å². The highest BCUT2D eigenvalue weighted by molar-refractivity contribution is 9.10. The first-order valence-corrected chi connectivity index (χ1v) is 7.69. The summed E-state index contributed by atoms with van der Waals surface area (Å²) >= 11 is 3.31. The van der Waals surface area contributed by atoms with Crippen LogP contribution in [0.4, 0.5) is 5.69 Å². The van der Waals surface area contributed by atoms with Crippen molar-refractivity contribution in [3.05, 3.63) is 28.2 Å². The fraction of sp³-hybridized carbons (Fsp3) is 0.533. The summed E-state index contributed by atoms with van der Waals surface area (Å²) in [5, 5.41) is 12.4. The second-order valence-electron chi connectivity index (χ2n) is 5.82. The molecule has 3 atom stereocenters. The van der Waals surface area contributed by atoms with Gasteiger partial charge in [-0.05, 0) is 71.1 Å². The second-order valence-corrected chi connectivity index (χ2v) is 6.67. The SMILES string of the molecule is O=C(O)c1ccc(NCC2CC3CCC2C3)cc1Br. The average Bonchev–Trinajstić information content (AvgIpc) is 2.98. The van der Waals surface area contributed by atoms with E-state index >= 15 is 0 Å². The van der Waals surface area contributed by atoms with E-state index in [2.05, 4.69) is 21.2 Å². The minimum absolute atomic E-state index is 0.311. The molecule has 2 aliphatic rings. The second kappa shape index (κ2) is 5.16. The van der Waals surface area contributed by atoms with Gasteiger partial charge in [-0.3, -0.25) is 0 Å². The van der Waals surface area contributed by atoms with Gasteiger partial charge in [0, 0.05) is 16.7 Å². The van der Waals surface area contributed by atoms with Gasteiger partial charge in [-0.15, -0.1) is 0 Å². The average molecular weight is 324 g/mol. The van der Waals surface area contributed by atoms with Gasteiger partial charge >= 0.3 is 5.97 Å². The fourth-order valence-corrected chi connectivity index (χ4v) is 4.22. The zero-order chi connectivity index (χ0) is 13.4. The smallest absolute Gasteiger partial charge is 0.336 e. The summed E-state index contributed by atoms with van der Waals surface area (Å²) in [6, 6.07) is 5.35. The van der Waals surface area contributed by atoms with E-state index in [9.17, 15) is 4.79 Å². The van der Waals surface area contributed by atoms with Crippen LogP contribution in [0.15, 0.2) is 22.7 Å². The third kappa shape index (κ3) is 2.64. The lowest BCUT2D eigenvalue weighted by Crippen LogP contribution is -2.20. The molecule has 0 radical (unpaired) electrons. The lowest BCUT2D eigenvalue weighted by atomic mass is 9.89. The van der Waals surface area contributed by atoms with Crippen molar-refractivity contribution in [2.75, 3.05) is 11.9 Å². The summed E-state index contributed by atoms with van der Waals surface area (Å²) in [5.74, 6) is 1.79. The van der Waals surface area contributed by atoms with Crippen molar-refractivity contribution >= 4 is 27.6 Å². The van der Waals surface area contributed by atoms with Crippen LogP contribution < -0.4 is 5.32 Å². The molecule has 1 aromatic rings. The number of benzene rings is 1. The van der Waals surface area contributed by atoms with Gasteiger partial charge < -0.3 is 10.4 Å². The molecule has 1 aromatic carbocycles. The van der Waals surface area contributed by atoms with E-state index in [1.807, 2.05) is 12.1 Å². The van der Waals surface area contributed by atoms with E-state index in [1.54, 1.807) is 6.07 Å².